The summed E-state index contributed by atoms with van der Waals surface area (Å²) in [5.41, 5.74) is 0. The Morgan fingerprint density at radius 1 is 1.25 bits per heavy atom. The van der Waals surface area contributed by atoms with E-state index in [9.17, 15) is 0 Å². The molecule has 0 aromatic rings. The molecule has 0 radical (unpaired) electrons. The van der Waals surface area contributed by atoms with Gasteiger partial charge in [0.15, 0.2) is 0 Å². The van der Waals surface area contributed by atoms with Gasteiger partial charge in [-0.05, 0) is 50.6 Å². The Morgan fingerprint density at radius 3 is 2.92 bits per heavy atom. The molecular formula is C10H18N2. The zero-order valence-corrected chi connectivity index (χ0v) is 7.63. The molecule has 2 atom stereocenters. The fourth-order valence-electron chi connectivity index (χ4n) is 2.30. The van der Waals surface area contributed by atoms with Crippen LogP contribution in [0.1, 0.15) is 25.7 Å². The number of piperidine rings is 1. The molecule has 2 heteroatoms. The van der Waals surface area contributed by atoms with E-state index in [4.69, 9.17) is 0 Å². The third-order valence-electron chi connectivity index (χ3n) is 3.06. The summed E-state index contributed by atoms with van der Waals surface area (Å²) in [6.45, 7) is 3.51. The number of aliphatic imine (C=N–C) groups is 1. The smallest absolute Gasteiger partial charge is 0.0385 e. The van der Waals surface area contributed by atoms with Gasteiger partial charge in [0.1, 0.15) is 0 Å². The molecule has 1 saturated heterocycles. The minimum absolute atomic E-state index is 0.784. The molecular weight excluding hydrogens is 148 g/mol. The second-order valence-electron chi connectivity index (χ2n) is 3.97. The van der Waals surface area contributed by atoms with Gasteiger partial charge in [0.05, 0.1) is 0 Å². The quantitative estimate of drug-likeness (QED) is 0.626. The summed E-state index contributed by atoms with van der Waals surface area (Å²) in [6.07, 6.45) is 7.65. The van der Waals surface area contributed by atoms with Crippen molar-refractivity contribution in [2.45, 2.75) is 25.7 Å². The van der Waals surface area contributed by atoms with E-state index in [0.717, 1.165) is 18.4 Å². The van der Waals surface area contributed by atoms with Gasteiger partial charge in [-0.15, -0.1) is 0 Å². The van der Waals surface area contributed by atoms with Crippen molar-refractivity contribution < 1.29 is 0 Å². The van der Waals surface area contributed by atoms with Crippen molar-refractivity contribution in [3.05, 3.63) is 0 Å². The van der Waals surface area contributed by atoms with Crippen molar-refractivity contribution in [1.82, 2.24) is 5.32 Å². The van der Waals surface area contributed by atoms with Crippen LogP contribution in [0.3, 0.4) is 0 Å². The lowest BCUT2D eigenvalue weighted by Crippen LogP contribution is -2.35. The molecule has 0 amide bonds. The van der Waals surface area contributed by atoms with Crippen molar-refractivity contribution in [3.63, 3.8) is 0 Å². The Kier molecular flexibility index (Phi) is 2.77. The van der Waals surface area contributed by atoms with Gasteiger partial charge in [-0.25, -0.2) is 0 Å². The fourth-order valence-corrected chi connectivity index (χ4v) is 2.30. The number of rotatable bonds is 1. The molecule has 2 aliphatic heterocycles. The maximum absolute atomic E-state index is 4.38. The Labute approximate surface area is 74.5 Å². The van der Waals surface area contributed by atoms with Gasteiger partial charge in [0.2, 0.25) is 0 Å². The number of hydrogen-bond acceptors (Lipinski definition) is 2. The number of nitrogens with one attached hydrogen (secondary N) is 1. The highest BCUT2D eigenvalue weighted by molar-refractivity contribution is 5.62. The first-order valence-electron chi connectivity index (χ1n) is 5.17. The van der Waals surface area contributed by atoms with Gasteiger partial charge in [-0.3, -0.25) is 4.99 Å². The summed E-state index contributed by atoms with van der Waals surface area (Å²) < 4.78 is 0. The SMILES string of the molecule is C1=NCCCC1C1CCCNC1. The molecule has 0 aromatic carbocycles. The first-order chi connectivity index (χ1) is 5.97. The van der Waals surface area contributed by atoms with Crippen molar-refractivity contribution in [2.75, 3.05) is 19.6 Å². The molecule has 0 saturated carbocycles. The summed E-state index contributed by atoms with van der Waals surface area (Å²) in [7, 11) is 0. The maximum atomic E-state index is 4.38. The van der Waals surface area contributed by atoms with Crippen LogP contribution in [0.25, 0.3) is 0 Å². The van der Waals surface area contributed by atoms with E-state index in [1.807, 2.05) is 0 Å². The van der Waals surface area contributed by atoms with Crippen molar-refractivity contribution in [2.24, 2.45) is 16.8 Å². The van der Waals surface area contributed by atoms with Crippen LogP contribution in [-0.2, 0) is 0 Å². The second-order valence-corrected chi connectivity index (χ2v) is 3.97. The van der Waals surface area contributed by atoms with Crippen molar-refractivity contribution in [3.8, 4) is 0 Å². The van der Waals surface area contributed by atoms with E-state index in [0.29, 0.717) is 0 Å². The van der Waals surface area contributed by atoms with Gasteiger partial charge >= 0.3 is 0 Å². The molecule has 2 unspecified atom stereocenters. The van der Waals surface area contributed by atoms with Crippen molar-refractivity contribution in [1.29, 1.82) is 0 Å². The summed E-state index contributed by atoms with van der Waals surface area (Å²) in [6, 6.07) is 0. The summed E-state index contributed by atoms with van der Waals surface area (Å²) in [5, 5.41) is 3.47. The zero-order valence-electron chi connectivity index (χ0n) is 7.63. The van der Waals surface area contributed by atoms with Gasteiger partial charge in [0, 0.05) is 12.8 Å². The van der Waals surface area contributed by atoms with Crippen molar-refractivity contribution >= 4 is 6.21 Å². The first-order valence-corrected chi connectivity index (χ1v) is 5.17. The van der Waals surface area contributed by atoms with E-state index in [1.165, 1.54) is 38.8 Å². The topological polar surface area (TPSA) is 24.4 Å². The van der Waals surface area contributed by atoms with E-state index < -0.39 is 0 Å². The molecule has 68 valence electrons. The molecule has 0 aliphatic carbocycles. The van der Waals surface area contributed by atoms with E-state index in [2.05, 4.69) is 16.5 Å². The van der Waals surface area contributed by atoms with Crippen LogP contribution in [-0.4, -0.2) is 25.8 Å². The molecule has 2 heterocycles. The first kappa shape index (κ1) is 8.24. The highest BCUT2D eigenvalue weighted by Crippen LogP contribution is 2.24. The fraction of sp³-hybridized carbons (Fsp3) is 0.900. The standard InChI is InChI=1S/C10H18N2/c1-3-9(7-11-5-1)10-4-2-6-12-8-10/h7,9-10,12H,1-6,8H2. The number of hydrogen-bond donors (Lipinski definition) is 1. The molecule has 12 heavy (non-hydrogen) atoms. The lowest BCUT2D eigenvalue weighted by Gasteiger charge is -2.29. The van der Waals surface area contributed by atoms with Crippen LogP contribution >= 0.6 is 0 Å². The van der Waals surface area contributed by atoms with Crippen LogP contribution in [0, 0.1) is 11.8 Å². The van der Waals surface area contributed by atoms with Gasteiger partial charge in [-0.1, -0.05) is 0 Å². The van der Waals surface area contributed by atoms with E-state index in [-0.39, 0.29) is 0 Å². The summed E-state index contributed by atoms with van der Waals surface area (Å²) >= 11 is 0. The average Bonchev–Trinajstić information content (AvgIpc) is 2.21. The molecule has 1 N–H and O–H groups in total. The predicted molar refractivity (Wildman–Crippen MR) is 51.7 cm³/mol. The summed E-state index contributed by atoms with van der Waals surface area (Å²) in [5.74, 6) is 1.66. The molecule has 0 bridgehead atoms. The van der Waals surface area contributed by atoms with E-state index in [1.54, 1.807) is 0 Å². The van der Waals surface area contributed by atoms with Crippen LogP contribution < -0.4 is 5.32 Å². The summed E-state index contributed by atoms with van der Waals surface area (Å²) in [4.78, 5) is 4.38. The highest BCUT2D eigenvalue weighted by Gasteiger charge is 2.22. The highest BCUT2D eigenvalue weighted by atomic mass is 14.9. The molecule has 2 rings (SSSR count). The van der Waals surface area contributed by atoms with E-state index >= 15 is 0 Å². The molecule has 1 fully saturated rings. The number of nitrogens with zero attached hydrogens (tertiary/aromatic N) is 1. The van der Waals surface area contributed by atoms with Crippen LogP contribution in [0.4, 0.5) is 0 Å². The van der Waals surface area contributed by atoms with Crippen LogP contribution in [0.2, 0.25) is 0 Å². The molecule has 2 nitrogen and oxygen atoms in total. The minimum Gasteiger partial charge on any atom is -0.316 e. The lowest BCUT2D eigenvalue weighted by atomic mass is 9.83. The Hall–Kier alpha value is -0.370. The monoisotopic (exact) mass is 166 g/mol. The Morgan fingerprint density at radius 2 is 2.25 bits per heavy atom. The molecule has 0 aromatic heterocycles. The third-order valence-corrected chi connectivity index (χ3v) is 3.06. The van der Waals surface area contributed by atoms with Gasteiger partial charge in [-0.2, -0.15) is 0 Å². The van der Waals surface area contributed by atoms with Crippen LogP contribution in [0.5, 0.6) is 0 Å². The second kappa shape index (κ2) is 4.04. The molecule has 2 aliphatic rings. The Balaban J connectivity index is 1.88. The van der Waals surface area contributed by atoms with Crippen LogP contribution in [0.15, 0.2) is 4.99 Å². The zero-order chi connectivity index (χ0) is 8.23. The molecule has 0 spiro atoms. The average molecular weight is 166 g/mol. The predicted octanol–water partition coefficient (Wildman–Crippen LogP) is 1.47. The lowest BCUT2D eigenvalue weighted by molar-refractivity contribution is 0.302. The largest absolute Gasteiger partial charge is 0.316 e. The third kappa shape index (κ3) is 1.86. The minimum atomic E-state index is 0.784. The normalized spacial score (nSPS) is 36.7. The van der Waals surface area contributed by atoms with Gasteiger partial charge in [0.25, 0.3) is 0 Å². The van der Waals surface area contributed by atoms with Gasteiger partial charge < -0.3 is 5.32 Å². The Bertz CT molecular complexity index is 159. The maximum Gasteiger partial charge on any atom is 0.0385 e.